The summed E-state index contributed by atoms with van der Waals surface area (Å²) in [5, 5.41) is 9.92. The van der Waals surface area contributed by atoms with Crippen molar-refractivity contribution in [2.24, 2.45) is 5.92 Å². The highest BCUT2D eigenvalue weighted by atomic mass is 32.1. The van der Waals surface area contributed by atoms with Crippen LogP contribution in [-0.4, -0.2) is 23.2 Å². The third-order valence-electron chi connectivity index (χ3n) is 5.28. The van der Waals surface area contributed by atoms with E-state index in [1.807, 2.05) is 0 Å². The van der Waals surface area contributed by atoms with E-state index in [1.165, 1.54) is 36.8 Å². The standard InChI is InChI=1S/C24H35NO.2H2S/c1-3-4-5-8-15-23(20-26)19-25(18-22-13-9-6-10-14-22)21(2)24-16-11-7-12-17-24;;/h6-7,9-14,16-17,21,23,26H,3-5,8,15,18-20H2,1-2H3;2*1H2/t21-,23-;;/m0../s1. The Morgan fingerprint density at radius 3 is 2.04 bits per heavy atom. The first-order valence-electron chi connectivity index (χ1n) is 10.2. The highest BCUT2D eigenvalue weighted by Crippen LogP contribution is 2.25. The van der Waals surface area contributed by atoms with Gasteiger partial charge in [-0.2, -0.15) is 27.0 Å². The average Bonchev–Trinajstić information content (AvgIpc) is 2.70. The van der Waals surface area contributed by atoms with Crippen LogP contribution in [0.5, 0.6) is 0 Å². The molecule has 0 aliphatic rings. The SMILES string of the molecule is CCCCCC[C@H](CO)CN(Cc1ccccc1)[C@@H](C)c1ccccc1.S.S. The summed E-state index contributed by atoms with van der Waals surface area (Å²) in [7, 11) is 0. The lowest BCUT2D eigenvalue weighted by Gasteiger charge is -2.32. The molecule has 1 N–H and O–H groups in total. The summed E-state index contributed by atoms with van der Waals surface area (Å²) in [6, 6.07) is 21.7. The van der Waals surface area contributed by atoms with Gasteiger partial charge in [-0.15, -0.1) is 0 Å². The van der Waals surface area contributed by atoms with Crippen LogP contribution in [0.15, 0.2) is 60.7 Å². The molecule has 0 aliphatic carbocycles. The summed E-state index contributed by atoms with van der Waals surface area (Å²) < 4.78 is 0. The minimum atomic E-state index is 0. The van der Waals surface area contributed by atoms with E-state index in [-0.39, 0.29) is 33.6 Å². The van der Waals surface area contributed by atoms with Crippen molar-refractivity contribution in [3.05, 3.63) is 71.8 Å². The Kier molecular flexibility index (Phi) is 15.4. The number of benzene rings is 2. The zero-order valence-corrected chi connectivity index (χ0v) is 19.5. The van der Waals surface area contributed by atoms with Gasteiger partial charge in [0.2, 0.25) is 0 Å². The monoisotopic (exact) mass is 421 g/mol. The van der Waals surface area contributed by atoms with Gasteiger partial charge in [0.25, 0.3) is 0 Å². The summed E-state index contributed by atoms with van der Waals surface area (Å²) in [6.07, 6.45) is 6.17. The fraction of sp³-hybridized carbons (Fsp3) is 0.500. The first-order chi connectivity index (χ1) is 12.7. The van der Waals surface area contributed by atoms with Crippen LogP contribution in [0.1, 0.15) is 63.1 Å². The smallest absolute Gasteiger partial charge is 0.0471 e. The van der Waals surface area contributed by atoms with Crippen LogP contribution in [0.2, 0.25) is 0 Å². The van der Waals surface area contributed by atoms with Gasteiger partial charge in [-0.25, -0.2) is 0 Å². The molecule has 4 heteroatoms. The maximum absolute atomic E-state index is 9.92. The summed E-state index contributed by atoms with van der Waals surface area (Å²) in [5.41, 5.74) is 2.67. The van der Waals surface area contributed by atoms with Gasteiger partial charge in [-0.1, -0.05) is 93.3 Å². The van der Waals surface area contributed by atoms with Crippen LogP contribution in [0.4, 0.5) is 0 Å². The molecule has 2 nitrogen and oxygen atoms in total. The molecule has 2 atom stereocenters. The van der Waals surface area contributed by atoms with Gasteiger partial charge in [0.05, 0.1) is 0 Å². The molecule has 2 aromatic carbocycles. The first kappa shape index (κ1) is 27.1. The van der Waals surface area contributed by atoms with Gasteiger partial charge < -0.3 is 5.11 Å². The minimum Gasteiger partial charge on any atom is -0.396 e. The fourth-order valence-corrected chi connectivity index (χ4v) is 3.55. The molecule has 0 bridgehead atoms. The van der Waals surface area contributed by atoms with E-state index in [1.54, 1.807) is 0 Å². The number of hydrogen-bond donors (Lipinski definition) is 1. The maximum Gasteiger partial charge on any atom is 0.0471 e. The lowest BCUT2D eigenvalue weighted by Crippen LogP contribution is -2.33. The molecule has 2 rings (SSSR count). The van der Waals surface area contributed by atoms with E-state index in [0.29, 0.717) is 12.0 Å². The molecule has 28 heavy (non-hydrogen) atoms. The van der Waals surface area contributed by atoms with Crippen LogP contribution in [0.25, 0.3) is 0 Å². The van der Waals surface area contributed by atoms with Gasteiger partial charge in [0.15, 0.2) is 0 Å². The van der Waals surface area contributed by atoms with E-state index < -0.39 is 0 Å². The third-order valence-corrected chi connectivity index (χ3v) is 5.28. The van der Waals surface area contributed by atoms with Crippen molar-refractivity contribution in [3.8, 4) is 0 Å². The molecule has 0 amide bonds. The molecular weight excluding hydrogens is 382 g/mol. The van der Waals surface area contributed by atoms with Crippen LogP contribution in [0.3, 0.4) is 0 Å². The lowest BCUT2D eigenvalue weighted by molar-refractivity contribution is 0.122. The number of nitrogens with zero attached hydrogens (tertiary/aromatic N) is 1. The second-order valence-electron chi connectivity index (χ2n) is 7.40. The first-order valence-corrected chi connectivity index (χ1v) is 10.2. The van der Waals surface area contributed by atoms with E-state index in [0.717, 1.165) is 19.5 Å². The molecule has 0 unspecified atom stereocenters. The molecular formula is C24H39NOS2. The third kappa shape index (κ3) is 9.51. The number of aliphatic hydroxyl groups is 1. The predicted molar refractivity (Wildman–Crippen MR) is 132 cm³/mol. The molecule has 0 spiro atoms. The molecule has 0 aliphatic heterocycles. The second kappa shape index (κ2) is 15.9. The van der Waals surface area contributed by atoms with Gasteiger partial charge in [-0.05, 0) is 30.4 Å². The molecule has 0 fully saturated rings. The van der Waals surface area contributed by atoms with Gasteiger partial charge >= 0.3 is 0 Å². The number of aliphatic hydroxyl groups excluding tert-OH is 1. The number of rotatable bonds is 12. The van der Waals surface area contributed by atoms with Crippen LogP contribution < -0.4 is 0 Å². The van der Waals surface area contributed by atoms with Gasteiger partial charge in [0, 0.05) is 25.7 Å². The highest BCUT2D eigenvalue weighted by Gasteiger charge is 2.20. The Labute approximate surface area is 186 Å². The molecule has 0 radical (unpaired) electrons. The normalized spacial score (nSPS) is 12.7. The predicted octanol–water partition coefficient (Wildman–Crippen LogP) is 6.05. The summed E-state index contributed by atoms with van der Waals surface area (Å²) in [5.74, 6) is 0.349. The summed E-state index contributed by atoms with van der Waals surface area (Å²) >= 11 is 0. The van der Waals surface area contributed by atoms with Crippen molar-refractivity contribution in [2.45, 2.75) is 58.5 Å². The molecule has 2 aromatic rings. The second-order valence-corrected chi connectivity index (χ2v) is 7.40. The fourth-order valence-electron chi connectivity index (χ4n) is 3.55. The van der Waals surface area contributed by atoms with Gasteiger partial charge in [0.1, 0.15) is 0 Å². The lowest BCUT2D eigenvalue weighted by atomic mass is 9.98. The van der Waals surface area contributed by atoms with Crippen molar-refractivity contribution >= 4 is 27.0 Å². The van der Waals surface area contributed by atoms with E-state index in [2.05, 4.69) is 79.4 Å². The topological polar surface area (TPSA) is 23.5 Å². The molecule has 0 saturated heterocycles. The Bertz CT molecular complexity index is 594. The molecule has 158 valence electrons. The zero-order valence-electron chi connectivity index (χ0n) is 17.5. The van der Waals surface area contributed by atoms with Crippen molar-refractivity contribution < 1.29 is 5.11 Å². The molecule has 0 saturated carbocycles. The number of unbranched alkanes of at least 4 members (excludes halogenated alkanes) is 3. The average molecular weight is 422 g/mol. The van der Waals surface area contributed by atoms with E-state index >= 15 is 0 Å². The summed E-state index contributed by atoms with van der Waals surface area (Å²) in [6.45, 7) is 6.66. The van der Waals surface area contributed by atoms with Crippen molar-refractivity contribution in [3.63, 3.8) is 0 Å². The van der Waals surface area contributed by atoms with Crippen LogP contribution in [-0.2, 0) is 6.54 Å². The highest BCUT2D eigenvalue weighted by molar-refractivity contribution is 7.59. The van der Waals surface area contributed by atoms with Crippen LogP contribution >= 0.6 is 27.0 Å². The van der Waals surface area contributed by atoms with Crippen molar-refractivity contribution in [2.75, 3.05) is 13.2 Å². The molecule has 0 aromatic heterocycles. The minimum absolute atomic E-state index is 0. The van der Waals surface area contributed by atoms with E-state index in [9.17, 15) is 5.11 Å². The van der Waals surface area contributed by atoms with Gasteiger partial charge in [-0.3, -0.25) is 4.90 Å². The largest absolute Gasteiger partial charge is 0.396 e. The maximum atomic E-state index is 9.92. The number of hydrogen-bond acceptors (Lipinski definition) is 2. The Hall–Kier alpha value is -0.940. The van der Waals surface area contributed by atoms with Crippen molar-refractivity contribution in [1.82, 2.24) is 4.90 Å². The zero-order chi connectivity index (χ0) is 18.6. The Morgan fingerprint density at radius 1 is 0.857 bits per heavy atom. The quantitative estimate of drug-likeness (QED) is 0.421. The Balaban J connectivity index is 0.00000364. The Morgan fingerprint density at radius 2 is 1.46 bits per heavy atom. The van der Waals surface area contributed by atoms with Crippen LogP contribution in [0, 0.1) is 5.92 Å². The summed E-state index contributed by atoms with van der Waals surface area (Å²) in [4.78, 5) is 2.52. The molecule has 0 heterocycles. The van der Waals surface area contributed by atoms with E-state index in [4.69, 9.17) is 0 Å². The van der Waals surface area contributed by atoms with Crippen molar-refractivity contribution in [1.29, 1.82) is 0 Å².